The van der Waals surface area contributed by atoms with Gasteiger partial charge in [-0.05, 0) is 25.3 Å². The lowest BCUT2D eigenvalue weighted by Crippen LogP contribution is -2.40. The predicted molar refractivity (Wildman–Crippen MR) is 47.6 cm³/mol. The minimum absolute atomic E-state index is 0.182. The summed E-state index contributed by atoms with van der Waals surface area (Å²) in [5.41, 5.74) is 0. The van der Waals surface area contributed by atoms with Gasteiger partial charge in [0, 0.05) is 12.6 Å². The fourth-order valence-corrected chi connectivity index (χ4v) is 1.83. The van der Waals surface area contributed by atoms with Crippen molar-refractivity contribution in [3.63, 3.8) is 0 Å². The van der Waals surface area contributed by atoms with E-state index in [0.717, 1.165) is 25.8 Å². The number of hydrogen-bond donors (Lipinski definition) is 0. The summed E-state index contributed by atoms with van der Waals surface area (Å²) >= 11 is 0. The molecule has 2 heteroatoms. The molecule has 0 fully saturated rings. The molecule has 0 aromatic rings. The Morgan fingerprint density at radius 3 is 3.17 bits per heavy atom. The van der Waals surface area contributed by atoms with E-state index in [1.165, 1.54) is 0 Å². The smallest absolute Gasteiger partial charge is 0.246 e. The van der Waals surface area contributed by atoms with Gasteiger partial charge in [0.05, 0.1) is 0 Å². The van der Waals surface area contributed by atoms with Gasteiger partial charge in [-0.25, -0.2) is 0 Å². The summed E-state index contributed by atoms with van der Waals surface area (Å²) in [6, 6.07) is 0.456. The average molecular weight is 163 g/mol. The van der Waals surface area contributed by atoms with Crippen molar-refractivity contribution in [3.05, 3.63) is 24.3 Å². The molecule has 0 bridgehead atoms. The summed E-state index contributed by atoms with van der Waals surface area (Å²) in [4.78, 5) is 13.4. The van der Waals surface area contributed by atoms with Gasteiger partial charge >= 0.3 is 0 Å². The van der Waals surface area contributed by atoms with E-state index in [1.807, 2.05) is 11.0 Å². The number of rotatable bonds is 0. The van der Waals surface area contributed by atoms with Crippen LogP contribution < -0.4 is 0 Å². The summed E-state index contributed by atoms with van der Waals surface area (Å²) in [7, 11) is 0. The van der Waals surface area contributed by atoms with Gasteiger partial charge in [0.1, 0.15) is 0 Å². The van der Waals surface area contributed by atoms with Crippen molar-refractivity contribution < 1.29 is 4.79 Å². The zero-order valence-electron chi connectivity index (χ0n) is 7.07. The minimum Gasteiger partial charge on any atom is -0.332 e. The predicted octanol–water partition coefficient (Wildman–Crippen LogP) is 1.49. The maximum Gasteiger partial charge on any atom is 0.246 e. The fourth-order valence-electron chi connectivity index (χ4n) is 1.83. The second kappa shape index (κ2) is 3.13. The monoisotopic (exact) mass is 163 g/mol. The Kier molecular flexibility index (Phi) is 1.98. The third-order valence-electron chi connectivity index (χ3n) is 2.53. The number of amides is 1. The normalized spacial score (nSPS) is 28.5. The van der Waals surface area contributed by atoms with Crippen molar-refractivity contribution in [3.8, 4) is 0 Å². The standard InChI is InChI=1S/C10H13NO/c12-10-7-2-1-5-9-6-3-4-8-11(9)10/h2-4,7,9H,1,5-6,8H2. The average Bonchev–Trinajstić information content (AvgIpc) is 2.29. The third kappa shape index (κ3) is 1.29. The lowest BCUT2D eigenvalue weighted by molar-refractivity contribution is -0.127. The van der Waals surface area contributed by atoms with Gasteiger partial charge in [-0.3, -0.25) is 4.79 Å². The van der Waals surface area contributed by atoms with Crippen LogP contribution in [-0.2, 0) is 4.79 Å². The van der Waals surface area contributed by atoms with Gasteiger partial charge in [-0.1, -0.05) is 18.2 Å². The van der Waals surface area contributed by atoms with E-state index in [4.69, 9.17) is 0 Å². The molecule has 2 aliphatic rings. The van der Waals surface area contributed by atoms with E-state index in [0.29, 0.717) is 6.04 Å². The highest BCUT2D eigenvalue weighted by atomic mass is 16.2. The van der Waals surface area contributed by atoms with E-state index in [9.17, 15) is 4.79 Å². The lowest BCUT2D eigenvalue weighted by atomic mass is 10.0. The highest BCUT2D eigenvalue weighted by Crippen LogP contribution is 2.19. The van der Waals surface area contributed by atoms with Gasteiger partial charge in [0.2, 0.25) is 5.91 Å². The van der Waals surface area contributed by atoms with Gasteiger partial charge in [-0.15, -0.1) is 0 Å². The molecule has 64 valence electrons. The van der Waals surface area contributed by atoms with Crippen molar-refractivity contribution >= 4 is 5.91 Å². The van der Waals surface area contributed by atoms with E-state index >= 15 is 0 Å². The molecule has 0 aromatic carbocycles. The van der Waals surface area contributed by atoms with Gasteiger partial charge in [0.15, 0.2) is 0 Å². The highest BCUT2D eigenvalue weighted by molar-refractivity contribution is 5.88. The molecular formula is C10H13NO. The highest BCUT2D eigenvalue weighted by Gasteiger charge is 2.23. The molecule has 0 aliphatic carbocycles. The first-order chi connectivity index (χ1) is 5.88. The Hall–Kier alpha value is -1.05. The second-order valence-corrected chi connectivity index (χ2v) is 3.33. The van der Waals surface area contributed by atoms with Crippen LogP contribution in [0.4, 0.5) is 0 Å². The van der Waals surface area contributed by atoms with Crippen LogP contribution in [0.25, 0.3) is 0 Å². The van der Waals surface area contributed by atoms with Crippen LogP contribution in [0.1, 0.15) is 19.3 Å². The first kappa shape index (κ1) is 7.59. The van der Waals surface area contributed by atoms with Gasteiger partial charge in [0.25, 0.3) is 0 Å². The van der Waals surface area contributed by atoms with Crippen LogP contribution in [0.5, 0.6) is 0 Å². The maximum atomic E-state index is 11.5. The van der Waals surface area contributed by atoms with Crippen LogP contribution in [-0.4, -0.2) is 23.4 Å². The Bertz CT molecular complexity index is 242. The molecule has 1 atom stereocenters. The number of nitrogens with zero attached hydrogens (tertiary/aromatic N) is 1. The molecule has 0 radical (unpaired) electrons. The fraction of sp³-hybridized carbons (Fsp3) is 0.500. The van der Waals surface area contributed by atoms with Crippen molar-refractivity contribution in [2.45, 2.75) is 25.3 Å². The molecule has 2 rings (SSSR count). The first-order valence-corrected chi connectivity index (χ1v) is 4.50. The Morgan fingerprint density at radius 1 is 1.33 bits per heavy atom. The quantitative estimate of drug-likeness (QED) is 0.495. The molecule has 2 nitrogen and oxygen atoms in total. The SMILES string of the molecule is O=C1C=CCCC2CC=CCN12. The third-order valence-corrected chi connectivity index (χ3v) is 2.53. The Balaban J connectivity index is 2.18. The first-order valence-electron chi connectivity index (χ1n) is 4.50. The Morgan fingerprint density at radius 2 is 2.25 bits per heavy atom. The van der Waals surface area contributed by atoms with Gasteiger partial charge in [-0.2, -0.15) is 0 Å². The van der Waals surface area contributed by atoms with Crippen LogP contribution in [0.15, 0.2) is 24.3 Å². The molecule has 2 heterocycles. The molecule has 0 N–H and O–H groups in total. The van der Waals surface area contributed by atoms with E-state index in [1.54, 1.807) is 6.08 Å². The van der Waals surface area contributed by atoms with Crippen LogP contribution in [0, 0.1) is 0 Å². The molecule has 1 amide bonds. The summed E-state index contributed by atoms with van der Waals surface area (Å²) < 4.78 is 0. The van der Waals surface area contributed by atoms with Crippen molar-refractivity contribution in [1.82, 2.24) is 4.90 Å². The number of carbonyl (C=O) groups excluding carboxylic acids is 1. The van der Waals surface area contributed by atoms with Crippen molar-refractivity contribution in [2.75, 3.05) is 6.54 Å². The maximum absolute atomic E-state index is 11.5. The lowest BCUT2D eigenvalue weighted by Gasteiger charge is -2.30. The van der Waals surface area contributed by atoms with Crippen molar-refractivity contribution in [2.24, 2.45) is 0 Å². The molecule has 0 saturated carbocycles. The summed E-state index contributed by atoms with van der Waals surface area (Å²) in [5.74, 6) is 0.182. The molecule has 2 aliphatic heterocycles. The molecule has 1 unspecified atom stereocenters. The summed E-state index contributed by atoms with van der Waals surface area (Å²) in [6.07, 6.45) is 11.1. The summed E-state index contributed by atoms with van der Waals surface area (Å²) in [5, 5.41) is 0. The number of fused-ring (bicyclic) bond motifs is 1. The minimum atomic E-state index is 0.182. The largest absolute Gasteiger partial charge is 0.332 e. The van der Waals surface area contributed by atoms with E-state index in [2.05, 4.69) is 12.2 Å². The molecule has 0 aromatic heterocycles. The van der Waals surface area contributed by atoms with Crippen LogP contribution in [0.2, 0.25) is 0 Å². The van der Waals surface area contributed by atoms with E-state index < -0.39 is 0 Å². The number of hydrogen-bond acceptors (Lipinski definition) is 1. The number of allylic oxidation sites excluding steroid dienone is 1. The van der Waals surface area contributed by atoms with Crippen LogP contribution >= 0.6 is 0 Å². The molecular weight excluding hydrogens is 150 g/mol. The molecule has 0 spiro atoms. The zero-order chi connectivity index (χ0) is 8.39. The van der Waals surface area contributed by atoms with Gasteiger partial charge < -0.3 is 4.90 Å². The van der Waals surface area contributed by atoms with E-state index in [-0.39, 0.29) is 5.91 Å². The Labute approximate surface area is 72.6 Å². The summed E-state index contributed by atoms with van der Waals surface area (Å²) in [6.45, 7) is 0.799. The van der Waals surface area contributed by atoms with Crippen molar-refractivity contribution in [1.29, 1.82) is 0 Å². The molecule has 12 heavy (non-hydrogen) atoms. The van der Waals surface area contributed by atoms with Crippen LogP contribution in [0.3, 0.4) is 0 Å². The topological polar surface area (TPSA) is 20.3 Å². The molecule has 0 saturated heterocycles. The second-order valence-electron chi connectivity index (χ2n) is 3.33. The zero-order valence-corrected chi connectivity index (χ0v) is 7.07. The number of carbonyl (C=O) groups is 1.